The number of aromatic hydroxyl groups is 2. The predicted molar refractivity (Wildman–Crippen MR) is 206 cm³/mol. The molecule has 0 saturated heterocycles. The zero-order valence-corrected chi connectivity index (χ0v) is 31.4. The highest BCUT2D eigenvalue weighted by Gasteiger charge is 2.20. The summed E-state index contributed by atoms with van der Waals surface area (Å²) in [6.07, 6.45) is 0. The van der Waals surface area contributed by atoms with Gasteiger partial charge in [-0.05, 0) is 106 Å². The highest BCUT2D eigenvalue weighted by Crippen LogP contribution is 2.43. The van der Waals surface area contributed by atoms with E-state index in [0.717, 1.165) is 18.2 Å². The lowest BCUT2D eigenvalue weighted by Gasteiger charge is -2.15. The molecule has 7 aromatic rings. The second-order valence-electron chi connectivity index (χ2n) is 12.4. The van der Waals surface area contributed by atoms with Crippen molar-refractivity contribution in [1.82, 2.24) is 0 Å². The Morgan fingerprint density at radius 1 is 0.483 bits per heavy atom. The van der Waals surface area contributed by atoms with Gasteiger partial charge in [0.1, 0.15) is 41.7 Å². The van der Waals surface area contributed by atoms with Gasteiger partial charge in [-0.25, -0.2) is 30.0 Å². The van der Waals surface area contributed by atoms with E-state index in [4.69, 9.17) is 0 Å². The van der Waals surface area contributed by atoms with Crippen LogP contribution in [0.4, 0.5) is 38.9 Å². The van der Waals surface area contributed by atoms with Gasteiger partial charge in [0.15, 0.2) is 11.5 Å². The predicted octanol–water partition coefficient (Wildman–Crippen LogP) is 7.74. The Morgan fingerprint density at radius 3 is 1.47 bits per heavy atom. The summed E-state index contributed by atoms with van der Waals surface area (Å²) in [6.45, 7) is 0. The molecule has 7 aromatic carbocycles. The number of hydrogen-bond acceptors (Lipinski definition) is 16. The maximum atomic E-state index is 13.0. The van der Waals surface area contributed by atoms with Crippen LogP contribution >= 0.6 is 0 Å². The van der Waals surface area contributed by atoms with Gasteiger partial charge in [0, 0.05) is 22.1 Å². The lowest BCUT2D eigenvalue weighted by atomic mass is 10.1. The fourth-order valence-corrected chi connectivity index (χ4v) is 7.66. The number of anilines is 2. The average molecular weight is 840 g/mol. The Morgan fingerprint density at radius 2 is 0.966 bits per heavy atom. The van der Waals surface area contributed by atoms with Crippen LogP contribution in [0.2, 0.25) is 0 Å². The van der Waals surface area contributed by atoms with Crippen LogP contribution in [0.15, 0.2) is 150 Å². The molecule has 0 spiro atoms. The summed E-state index contributed by atoms with van der Waals surface area (Å²) in [7, 11) is -15.1. The average Bonchev–Trinajstić information content (AvgIpc) is 3.16. The fourth-order valence-electron chi connectivity index (χ4n) is 5.87. The molecule has 0 aromatic heterocycles. The molecule has 7 rings (SSSR count). The minimum atomic E-state index is -5.27. The van der Waals surface area contributed by atoms with Gasteiger partial charge in [-0.3, -0.25) is 0 Å². The van der Waals surface area contributed by atoms with Crippen molar-refractivity contribution < 1.29 is 53.9 Å². The number of carbonyl (C=O) groups excluding carboxylic acids is 1. The minimum absolute atomic E-state index is 0.00580. The Kier molecular flexibility index (Phi) is 10.1. The van der Waals surface area contributed by atoms with Crippen LogP contribution in [0.25, 0.3) is 32.3 Å². The maximum Gasteiger partial charge on any atom is 0.323 e. The molecule has 0 atom stereocenters. The Labute approximate surface area is 328 Å². The van der Waals surface area contributed by atoms with Crippen molar-refractivity contribution in [3.63, 3.8) is 0 Å². The summed E-state index contributed by atoms with van der Waals surface area (Å²) in [5.41, 5.74) is -0.621. The van der Waals surface area contributed by atoms with Crippen molar-refractivity contribution >= 4 is 103 Å². The van der Waals surface area contributed by atoms with Crippen LogP contribution in [0.5, 0.6) is 11.5 Å². The van der Waals surface area contributed by atoms with E-state index in [9.17, 15) is 53.9 Å². The summed E-state index contributed by atoms with van der Waals surface area (Å²) in [6, 6.07) is 25.1. The second-order valence-corrected chi connectivity index (χ2v) is 16.5. The molecule has 0 radical (unpaired) electrons. The molecule has 0 unspecified atom stereocenters. The van der Waals surface area contributed by atoms with Crippen LogP contribution in [0, 0.1) is 0 Å². The van der Waals surface area contributed by atoms with E-state index >= 15 is 0 Å². The number of azo groups is 2. The zero-order valence-electron chi connectivity index (χ0n) is 29.0. The number of rotatable bonds is 9. The van der Waals surface area contributed by atoms with Gasteiger partial charge in [0.25, 0.3) is 0 Å². The highest BCUT2D eigenvalue weighted by atomic mass is 32.2. The molecule has 0 heterocycles. The van der Waals surface area contributed by atoms with Crippen molar-refractivity contribution in [2.45, 2.75) is 14.7 Å². The lowest BCUT2D eigenvalue weighted by Crippen LogP contribution is -2.19. The van der Waals surface area contributed by atoms with Crippen molar-refractivity contribution in [3.8, 4) is 11.5 Å². The highest BCUT2D eigenvalue weighted by molar-refractivity contribution is 7.86. The Bertz CT molecular complexity index is 3250. The number of benzene rings is 7. The third-order valence-electron chi connectivity index (χ3n) is 8.53. The standard InChI is InChI=1S/C37H26N6O12S3/c44-35-29-12-9-25(15-22(29)18-31(57(50,51)52)33(35)42-40-24-4-2-1-3-5-24)38-37(46)39-26-10-13-30-23(16-26)19-32(58(53,54)55)34(36(30)45)43-41-27-8-6-21-17-28(56(47,48)49)11-7-20(21)14-27/h1-19,44-45H,(H2,38,39,46)(H,47,48,49)(H,50,51,52)(H,53,54,55)/p-3. The largest absolute Gasteiger partial charge is 0.744 e. The van der Waals surface area contributed by atoms with Gasteiger partial charge in [0.2, 0.25) is 0 Å². The molecular formula is C37H23N6O12S3-3. The molecule has 0 aliphatic heterocycles. The van der Waals surface area contributed by atoms with Crippen molar-refractivity contribution in [2.75, 3.05) is 10.6 Å². The molecule has 0 aliphatic rings. The van der Waals surface area contributed by atoms with Gasteiger partial charge < -0.3 is 34.5 Å². The van der Waals surface area contributed by atoms with Crippen molar-refractivity contribution in [2.24, 2.45) is 20.5 Å². The summed E-state index contributed by atoms with van der Waals surface area (Å²) in [5.74, 6) is -1.36. The molecule has 294 valence electrons. The van der Waals surface area contributed by atoms with E-state index in [1.807, 2.05) is 0 Å². The van der Waals surface area contributed by atoms with Gasteiger partial charge in [-0.15, -0.1) is 10.2 Å². The lowest BCUT2D eigenvalue weighted by molar-refractivity contribution is 0.262. The Hall–Kier alpha value is -6.88. The molecule has 2 amide bonds. The third-order valence-corrected chi connectivity index (χ3v) is 11.1. The van der Waals surface area contributed by atoms with E-state index in [1.165, 1.54) is 66.7 Å². The number of phenolic OH excluding ortho intramolecular Hbond substituents is 2. The topological polar surface area (TPSA) is 303 Å². The molecule has 4 N–H and O–H groups in total. The first-order valence-electron chi connectivity index (χ1n) is 16.3. The number of fused-ring (bicyclic) bond motifs is 3. The van der Waals surface area contributed by atoms with E-state index < -0.39 is 73.9 Å². The number of urea groups is 1. The van der Waals surface area contributed by atoms with Crippen molar-refractivity contribution in [3.05, 3.63) is 115 Å². The van der Waals surface area contributed by atoms with E-state index in [0.29, 0.717) is 16.5 Å². The molecule has 0 bridgehead atoms. The second kappa shape index (κ2) is 14.9. The molecule has 0 fully saturated rings. The maximum absolute atomic E-state index is 13.0. The Balaban J connectivity index is 1.14. The first-order chi connectivity index (χ1) is 27.3. The quantitative estimate of drug-likeness (QED) is 0.0801. The first kappa shape index (κ1) is 39.4. The van der Waals surface area contributed by atoms with E-state index in [2.05, 4.69) is 31.1 Å². The number of amides is 2. The molecular weight excluding hydrogens is 817 g/mol. The number of nitrogens with one attached hydrogen (secondary N) is 2. The van der Waals surface area contributed by atoms with Crippen molar-refractivity contribution in [1.29, 1.82) is 0 Å². The summed E-state index contributed by atoms with van der Waals surface area (Å²) in [4.78, 5) is 10.8. The third kappa shape index (κ3) is 8.29. The summed E-state index contributed by atoms with van der Waals surface area (Å²) >= 11 is 0. The molecule has 18 nitrogen and oxygen atoms in total. The van der Waals surface area contributed by atoms with E-state index in [-0.39, 0.29) is 38.6 Å². The molecule has 0 saturated carbocycles. The number of carbonyl (C=O) groups is 1. The van der Waals surface area contributed by atoms with Crippen LogP contribution in [0.1, 0.15) is 0 Å². The number of nitrogens with zero attached hydrogens (tertiary/aromatic N) is 4. The SMILES string of the molecule is O=C(Nc1ccc2c(O)c(N=Nc3ccccc3)c(S(=O)(=O)[O-])cc2c1)Nc1ccc2c(O)c(N=Nc3ccc4cc(S(=O)(=O)[O-])ccc4c3)c(S(=O)(=O)[O-])cc2c1. The monoisotopic (exact) mass is 839 g/mol. The normalized spacial score (nSPS) is 12.5. The minimum Gasteiger partial charge on any atom is -0.744 e. The number of phenols is 2. The van der Waals surface area contributed by atoms with Crippen LogP contribution in [-0.4, -0.2) is 55.2 Å². The van der Waals surface area contributed by atoms with Gasteiger partial charge in [0.05, 0.1) is 26.1 Å². The summed E-state index contributed by atoms with van der Waals surface area (Å²) in [5, 5.41) is 43.5. The van der Waals surface area contributed by atoms with Gasteiger partial charge in [-0.2, -0.15) is 10.2 Å². The van der Waals surface area contributed by atoms with Crippen LogP contribution in [0.3, 0.4) is 0 Å². The van der Waals surface area contributed by atoms with E-state index in [1.54, 1.807) is 30.3 Å². The zero-order chi connectivity index (χ0) is 41.6. The molecule has 0 aliphatic carbocycles. The first-order valence-corrected chi connectivity index (χ1v) is 20.6. The smallest absolute Gasteiger partial charge is 0.323 e. The molecule has 21 heteroatoms. The van der Waals surface area contributed by atoms with Gasteiger partial charge in [-0.1, -0.05) is 30.3 Å². The molecule has 58 heavy (non-hydrogen) atoms. The fraction of sp³-hybridized carbons (Fsp3) is 0. The number of hydrogen-bond donors (Lipinski definition) is 4. The summed E-state index contributed by atoms with van der Waals surface area (Å²) < 4.78 is 107. The van der Waals surface area contributed by atoms with Crippen LogP contribution < -0.4 is 10.6 Å². The van der Waals surface area contributed by atoms with Gasteiger partial charge >= 0.3 is 6.03 Å². The van der Waals surface area contributed by atoms with Crippen LogP contribution in [-0.2, 0) is 30.4 Å².